The van der Waals surface area contributed by atoms with E-state index < -0.39 is 0 Å². The third-order valence-corrected chi connectivity index (χ3v) is 3.48. The predicted molar refractivity (Wildman–Crippen MR) is 80.0 cm³/mol. The maximum Gasteiger partial charge on any atom is 0.124 e. The summed E-state index contributed by atoms with van der Waals surface area (Å²) < 4.78 is 7.70. The molecule has 2 rings (SSSR count). The first-order valence-electron chi connectivity index (χ1n) is 6.54. The van der Waals surface area contributed by atoms with Gasteiger partial charge in [-0.1, -0.05) is 24.9 Å². The molecule has 1 heterocycles. The van der Waals surface area contributed by atoms with E-state index in [9.17, 15) is 0 Å². The molecule has 1 aromatic carbocycles. The van der Waals surface area contributed by atoms with Crippen LogP contribution in [-0.2, 0) is 17.2 Å². The smallest absolute Gasteiger partial charge is 0.124 e. The minimum Gasteiger partial charge on any atom is -0.380 e. The molecule has 19 heavy (non-hydrogen) atoms. The van der Waals surface area contributed by atoms with Crippen LogP contribution in [0.3, 0.4) is 0 Å². The number of aromatic nitrogens is 2. The van der Waals surface area contributed by atoms with Crippen molar-refractivity contribution in [2.75, 3.05) is 13.2 Å². The second-order valence-electron chi connectivity index (χ2n) is 4.41. The molecule has 0 amide bonds. The molecule has 1 aromatic heterocycles. The summed E-state index contributed by atoms with van der Waals surface area (Å²) in [5.41, 5.74) is 1.94. The number of nitrogens with zero attached hydrogens (tertiary/aromatic N) is 2. The summed E-state index contributed by atoms with van der Waals surface area (Å²) in [6.45, 7) is 4.41. The molecule has 0 bridgehead atoms. The maximum atomic E-state index is 5.98. The van der Waals surface area contributed by atoms with Crippen molar-refractivity contribution in [1.82, 2.24) is 9.55 Å². The fourth-order valence-corrected chi connectivity index (χ4v) is 2.38. The summed E-state index contributed by atoms with van der Waals surface area (Å²) in [4.78, 5) is 4.50. The van der Waals surface area contributed by atoms with Crippen molar-refractivity contribution < 1.29 is 4.74 Å². The Morgan fingerprint density at radius 2 is 2.16 bits per heavy atom. The Labute approximate surface area is 123 Å². The molecule has 5 heteroatoms. The molecule has 0 unspecified atom stereocenters. The third-order valence-electron chi connectivity index (χ3n) is 3.01. The molecule has 104 valence electrons. The number of rotatable bonds is 7. The highest BCUT2D eigenvalue weighted by atomic mass is 35.5. The number of hydrogen-bond acceptors (Lipinski definition) is 2. The predicted octanol–water partition coefficient (Wildman–Crippen LogP) is 4.25. The van der Waals surface area contributed by atoms with Gasteiger partial charge in [-0.2, -0.15) is 0 Å². The SMILES string of the molecule is CCCCOCCn1c(CCl)nc2cc(Cl)ccc21. The van der Waals surface area contributed by atoms with Gasteiger partial charge in [0.1, 0.15) is 5.82 Å². The van der Waals surface area contributed by atoms with E-state index >= 15 is 0 Å². The summed E-state index contributed by atoms with van der Waals surface area (Å²) in [6.07, 6.45) is 2.25. The number of benzene rings is 1. The average molecular weight is 301 g/mol. The van der Waals surface area contributed by atoms with Crippen LogP contribution >= 0.6 is 23.2 Å². The highest BCUT2D eigenvalue weighted by Gasteiger charge is 2.09. The second kappa shape index (κ2) is 7.13. The Morgan fingerprint density at radius 3 is 2.89 bits per heavy atom. The number of unbranched alkanes of at least 4 members (excludes halogenated alkanes) is 1. The van der Waals surface area contributed by atoms with E-state index in [0.717, 1.165) is 42.9 Å². The molecule has 0 aliphatic heterocycles. The zero-order valence-electron chi connectivity index (χ0n) is 11.0. The van der Waals surface area contributed by atoms with Gasteiger partial charge in [-0.3, -0.25) is 0 Å². The first-order valence-corrected chi connectivity index (χ1v) is 7.46. The normalized spacial score (nSPS) is 11.3. The molecule has 0 saturated carbocycles. The van der Waals surface area contributed by atoms with Gasteiger partial charge >= 0.3 is 0 Å². The van der Waals surface area contributed by atoms with E-state index in [0.29, 0.717) is 17.5 Å². The van der Waals surface area contributed by atoms with Gasteiger partial charge in [0.15, 0.2) is 0 Å². The largest absolute Gasteiger partial charge is 0.380 e. The number of halogens is 2. The number of ether oxygens (including phenoxy) is 1. The van der Waals surface area contributed by atoms with Crippen LogP contribution < -0.4 is 0 Å². The summed E-state index contributed by atoms with van der Waals surface area (Å²) in [5.74, 6) is 1.25. The summed E-state index contributed by atoms with van der Waals surface area (Å²) in [6, 6.07) is 5.71. The fraction of sp³-hybridized carbons (Fsp3) is 0.500. The lowest BCUT2D eigenvalue weighted by Gasteiger charge is -2.08. The lowest BCUT2D eigenvalue weighted by molar-refractivity contribution is 0.124. The fourth-order valence-electron chi connectivity index (χ4n) is 2.01. The Hall–Kier alpha value is -0.770. The molecule has 0 fully saturated rings. The van der Waals surface area contributed by atoms with E-state index in [-0.39, 0.29) is 0 Å². The number of fused-ring (bicyclic) bond motifs is 1. The zero-order chi connectivity index (χ0) is 13.7. The molecule has 0 atom stereocenters. The number of alkyl halides is 1. The summed E-state index contributed by atoms with van der Waals surface area (Å²) in [5, 5.41) is 0.692. The van der Waals surface area contributed by atoms with Gasteiger partial charge in [-0.05, 0) is 24.6 Å². The van der Waals surface area contributed by atoms with Crippen molar-refractivity contribution in [2.24, 2.45) is 0 Å². The van der Waals surface area contributed by atoms with Gasteiger partial charge in [0.05, 0.1) is 23.5 Å². The van der Waals surface area contributed by atoms with Crippen LogP contribution in [0.4, 0.5) is 0 Å². The lowest BCUT2D eigenvalue weighted by atomic mass is 10.3. The van der Waals surface area contributed by atoms with Gasteiger partial charge in [0.25, 0.3) is 0 Å². The summed E-state index contributed by atoms with van der Waals surface area (Å²) >= 11 is 11.9. The van der Waals surface area contributed by atoms with E-state index in [1.165, 1.54) is 0 Å². The molecule has 3 nitrogen and oxygen atoms in total. The molecule has 0 N–H and O–H groups in total. The van der Waals surface area contributed by atoms with Gasteiger partial charge in [0.2, 0.25) is 0 Å². The van der Waals surface area contributed by atoms with Crippen molar-refractivity contribution in [1.29, 1.82) is 0 Å². The highest BCUT2D eigenvalue weighted by molar-refractivity contribution is 6.31. The number of imidazole rings is 1. The molecule has 0 spiro atoms. The summed E-state index contributed by atoms with van der Waals surface area (Å²) in [7, 11) is 0. The van der Waals surface area contributed by atoms with Crippen LogP contribution in [0.2, 0.25) is 5.02 Å². The minimum atomic E-state index is 0.390. The van der Waals surface area contributed by atoms with E-state index in [1.807, 2.05) is 18.2 Å². The zero-order valence-corrected chi connectivity index (χ0v) is 12.5. The van der Waals surface area contributed by atoms with Crippen molar-refractivity contribution in [3.63, 3.8) is 0 Å². The topological polar surface area (TPSA) is 27.1 Å². The monoisotopic (exact) mass is 300 g/mol. The highest BCUT2D eigenvalue weighted by Crippen LogP contribution is 2.21. The Balaban J connectivity index is 2.11. The molecule has 2 aromatic rings. The first kappa shape index (κ1) is 14.6. The molecular weight excluding hydrogens is 283 g/mol. The molecule has 0 saturated heterocycles. The van der Waals surface area contributed by atoms with Crippen molar-refractivity contribution >= 4 is 34.2 Å². The Morgan fingerprint density at radius 1 is 1.32 bits per heavy atom. The van der Waals surface area contributed by atoms with Crippen LogP contribution in [0.1, 0.15) is 25.6 Å². The van der Waals surface area contributed by atoms with Crippen LogP contribution in [0, 0.1) is 0 Å². The Kier molecular flexibility index (Phi) is 5.49. The third kappa shape index (κ3) is 3.62. The van der Waals surface area contributed by atoms with Gasteiger partial charge in [-0.15, -0.1) is 11.6 Å². The maximum absolute atomic E-state index is 5.98. The lowest BCUT2D eigenvalue weighted by Crippen LogP contribution is -2.09. The Bertz CT molecular complexity index is 539. The van der Waals surface area contributed by atoms with Gasteiger partial charge in [-0.25, -0.2) is 4.98 Å². The molecule has 0 aliphatic carbocycles. The first-order chi connectivity index (χ1) is 9.26. The van der Waals surface area contributed by atoms with E-state index in [4.69, 9.17) is 27.9 Å². The number of hydrogen-bond donors (Lipinski definition) is 0. The standard InChI is InChI=1S/C14H18Cl2N2O/c1-2-3-7-19-8-6-18-13-5-4-11(16)9-12(13)17-14(18)10-15/h4-5,9H,2-3,6-8,10H2,1H3. The van der Waals surface area contributed by atoms with E-state index in [1.54, 1.807) is 0 Å². The van der Waals surface area contributed by atoms with E-state index in [2.05, 4.69) is 16.5 Å². The van der Waals surface area contributed by atoms with Crippen molar-refractivity contribution in [3.8, 4) is 0 Å². The van der Waals surface area contributed by atoms with Crippen LogP contribution in [0.5, 0.6) is 0 Å². The minimum absolute atomic E-state index is 0.390. The average Bonchev–Trinajstić information content (AvgIpc) is 2.75. The molecular formula is C14H18Cl2N2O. The van der Waals surface area contributed by atoms with Crippen molar-refractivity contribution in [3.05, 3.63) is 29.0 Å². The van der Waals surface area contributed by atoms with Crippen LogP contribution in [0.15, 0.2) is 18.2 Å². The van der Waals surface area contributed by atoms with Crippen LogP contribution in [0.25, 0.3) is 11.0 Å². The second-order valence-corrected chi connectivity index (χ2v) is 5.12. The quantitative estimate of drug-likeness (QED) is 0.565. The van der Waals surface area contributed by atoms with Crippen LogP contribution in [-0.4, -0.2) is 22.8 Å². The van der Waals surface area contributed by atoms with Gasteiger partial charge in [0, 0.05) is 18.2 Å². The molecule has 0 aliphatic rings. The molecule has 0 radical (unpaired) electrons. The van der Waals surface area contributed by atoms with Crippen molar-refractivity contribution in [2.45, 2.75) is 32.2 Å². The van der Waals surface area contributed by atoms with Gasteiger partial charge < -0.3 is 9.30 Å².